The van der Waals surface area contributed by atoms with Crippen molar-refractivity contribution in [1.82, 2.24) is 8.97 Å². The van der Waals surface area contributed by atoms with Gasteiger partial charge in [0.05, 0.1) is 27.6 Å². The number of aromatic nitrogens is 2. The predicted molar refractivity (Wildman–Crippen MR) is 207 cm³/mol. The highest BCUT2D eigenvalue weighted by atomic mass is 15.0. The van der Waals surface area contributed by atoms with Gasteiger partial charge in [-0.25, -0.2) is 0 Å². The summed E-state index contributed by atoms with van der Waals surface area (Å²) in [6.07, 6.45) is 2.37. The first-order valence-corrected chi connectivity index (χ1v) is 17.4. The number of rotatable bonds is 0. The van der Waals surface area contributed by atoms with E-state index in [0.717, 1.165) is 12.1 Å². The standard InChI is InChI=1S/C45H50N2/c1-25-16-29(45(11,12)13)24-46-38-22-33-36-21-28(44(8,9)10)20-35-31-17-26(42(2,3)4)14-15-37(31)47(41(35)36)39(33)23-32(38)34-19-27(43(5,6)7)18-30(25)40(34)46/h14-23H,1,24H2,2-13H3. The molecule has 0 bridgehead atoms. The number of hydrogen-bond donors (Lipinski definition) is 0. The first-order valence-electron chi connectivity index (χ1n) is 17.4. The second kappa shape index (κ2) is 9.10. The summed E-state index contributed by atoms with van der Waals surface area (Å²) in [5.74, 6) is 0. The zero-order chi connectivity index (χ0) is 33.7. The molecule has 4 aromatic carbocycles. The maximum absolute atomic E-state index is 4.66. The predicted octanol–water partition coefficient (Wildman–Crippen LogP) is 12.8. The number of benzene rings is 4. The fourth-order valence-electron chi connectivity index (χ4n) is 7.97. The molecule has 2 nitrogen and oxygen atoms in total. The second-order valence-electron chi connectivity index (χ2n) is 18.6. The molecule has 0 radical (unpaired) electrons. The molecule has 47 heavy (non-hydrogen) atoms. The van der Waals surface area contributed by atoms with E-state index in [1.54, 1.807) is 0 Å². The van der Waals surface area contributed by atoms with Crippen molar-refractivity contribution >= 4 is 65.5 Å². The van der Waals surface area contributed by atoms with E-state index in [4.69, 9.17) is 0 Å². The molecule has 8 rings (SSSR count). The van der Waals surface area contributed by atoms with Gasteiger partial charge in [-0.2, -0.15) is 0 Å². The monoisotopic (exact) mass is 618 g/mol. The summed E-state index contributed by atoms with van der Waals surface area (Å²) in [7, 11) is 0. The quantitative estimate of drug-likeness (QED) is 0.160. The molecule has 0 spiro atoms. The molecule has 0 saturated heterocycles. The fourth-order valence-corrected chi connectivity index (χ4v) is 7.97. The summed E-state index contributed by atoms with van der Waals surface area (Å²) in [6, 6.07) is 22.0. The van der Waals surface area contributed by atoms with Crippen LogP contribution in [0.5, 0.6) is 0 Å². The molecule has 4 heterocycles. The molecule has 0 amide bonds. The van der Waals surface area contributed by atoms with Crippen LogP contribution in [-0.4, -0.2) is 8.97 Å². The topological polar surface area (TPSA) is 9.34 Å². The Kier molecular flexibility index (Phi) is 5.87. The van der Waals surface area contributed by atoms with Gasteiger partial charge in [0.1, 0.15) is 0 Å². The second-order valence-corrected chi connectivity index (χ2v) is 18.6. The lowest BCUT2D eigenvalue weighted by molar-refractivity contribution is 0.475. The smallest absolute Gasteiger partial charge is 0.0620 e. The number of fused-ring (bicyclic) bond motifs is 9. The van der Waals surface area contributed by atoms with Crippen molar-refractivity contribution < 1.29 is 0 Å². The molecule has 1 aliphatic heterocycles. The Morgan fingerprint density at radius 2 is 0.979 bits per heavy atom. The van der Waals surface area contributed by atoms with Crippen LogP contribution in [0.4, 0.5) is 0 Å². The van der Waals surface area contributed by atoms with Gasteiger partial charge in [0.15, 0.2) is 0 Å². The number of allylic oxidation sites excluding steroid dienone is 3. The summed E-state index contributed by atoms with van der Waals surface area (Å²) in [4.78, 5) is 0. The Labute approximate surface area is 280 Å². The third-order valence-corrected chi connectivity index (χ3v) is 11.1. The van der Waals surface area contributed by atoms with E-state index in [1.807, 2.05) is 0 Å². The normalized spacial score (nSPS) is 15.3. The van der Waals surface area contributed by atoms with Crippen molar-refractivity contribution in [3.63, 3.8) is 0 Å². The molecule has 0 aliphatic carbocycles. The fraction of sp³-hybridized carbons (Fsp3) is 0.378. The van der Waals surface area contributed by atoms with E-state index in [1.165, 1.54) is 87.7 Å². The Morgan fingerprint density at radius 1 is 0.489 bits per heavy atom. The maximum atomic E-state index is 4.66. The van der Waals surface area contributed by atoms with Gasteiger partial charge >= 0.3 is 0 Å². The van der Waals surface area contributed by atoms with Crippen LogP contribution in [0.2, 0.25) is 0 Å². The van der Waals surface area contributed by atoms with Gasteiger partial charge in [-0.15, -0.1) is 0 Å². The molecule has 7 aromatic rings. The molecule has 0 N–H and O–H groups in total. The van der Waals surface area contributed by atoms with Gasteiger partial charge in [-0.05, 0) is 98.0 Å². The summed E-state index contributed by atoms with van der Waals surface area (Å²) >= 11 is 0. The van der Waals surface area contributed by atoms with Crippen molar-refractivity contribution in [2.24, 2.45) is 5.41 Å². The lowest BCUT2D eigenvalue weighted by atomic mass is 9.83. The molecule has 2 heteroatoms. The molecule has 0 fully saturated rings. The summed E-state index contributed by atoms with van der Waals surface area (Å²) in [5.41, 5.74) is 14.7. The van der Waals surface area contributed by atoms with Crippen LogP contribution in [0.3, 0.4) is 0 Å². The van der Waals surface area contributed by atoms with Crippen LogP contribution in [-0.2, 0) is 22.8 Å². The lowest BCUT2D eigenvalue weighted by Gasteiger charge is -2.23. The molecule has 0 saturated carbocycles. The summed E-state index contributed by atoms with van der Waals surface area (Å²) < 4.78 is 5.17. The Balaban J connectivity index is 1.58. The zero-order valence-electron chi connectivity index (χ0n) is 30.6. The average molecular weight is 619 g/mol. The van der Waals surface area contributed by atoms with Crippen molar-refractivity contribution in [2.45, 2.75) is 106 Å². The van der Waals surface area contributed by atoms with Crippen LogP contribution in [0.1, 0.15) is 105 Å². The Bertz CT molecular complexity index is 2510. The molecule has 3 aromatic heterocycles. The van der Waals surface area contributed by atoms with Gasteiger partial charge in [-0.1, -0.05) is 102 Å². The van der Waals surface area contributed by atoms with E-state index in [-0.39, 0.29) is 21.7 Å². The number of hydrogen-bond acceptors (Lipinski definition) is 0. The van der Waals surface area contributed by atoms with E-state index in [2.05, 4.69) is 159 Å². The molecule has 240 valence electrons. The van der Waals surface area contributed by atoms with Crippen molar-refractivity contribution in [2.75, 3.05) is 0 Å². The van der Waals surface area contributed by atoms with Crippen molar-refractivity contribution in [3.05, 3.63) is 95.1 Å². The van der Waals surface area contributed by atoms with Gasteiger partial charge in [0.2, 0.25) is 0 Å². The highest BCUT2D eigenvalue weighted by Gasteiger charge is 2.29. The minimum Gasteiger partial charge on any atom is -0.336 e. The average Bonchev–Trinajstić information content (AvgIpc) is 3.53. The van der Waals surface area contributed by atoms with E-state index < -0.39 is 0 Å². The summed E-state index contributed by atoms with van der Waals surface area (Å²) in [6.45, 7) is 33.5. The highest BCUT2D eigenvalue weighted by molar-refractivity contribution is 6.26. The highest BCUT2D eigenvalue weighted by Crippen LogP contribution is 2.47. The van der Waals surface area contributed by atoms with Crippen LogP contribution in [0.15, 0.2) is 72.8 Å². The van der Waals surface area contributed by atoms with Gasteiger partial charge < -0.3 is 8.97 Å². The van der Waals surface area contributed by atoms with Crippen molar-refractivity contribution in [3.8, 4) is 0 Å². The molecular weight excluding hydrogens is 569 g/mol. The van der Waals surface area contributed by atoms with Crippen LogP contribution < -0.4 is 0 Å². The first-order chi connectivity index (χ1) is 21.7. The van der Waals surface area contributed by atoms with Gasteiger partial charge in [0.25, 0.3) is 0 Å². The van der Waals surface area contributed by atoms with Gasteiger partial charge in [0, 0.05) is 44.4 Å². The third kappa shape index (κ3) is 4.29. The number of nitrogens with zero attached hydrogens (tertiary/aromatic N) is 2. The SMILES string of the molecule is C=C1C=C(C(C)(C)C)Cn2c3cc4c5cc(C(C)(C)C)cc6c7cc(C(C)(C)C)ccc7n(c4cc3c3cc(C(C)(C)C)cc1c32)c65. The van der Waals surface area contributed by atoms with Crippen LogP contribution in [0, 0.1) is 5.41 Å². The lowest BCUT2D eigenvalue weighted by Crippen LogP contribution is -2.14. The molecule has 0 unspecified atom stereocenters. The van der Waals surface area contributed by atoms with Crippen LogP contribution in [0.25, 0.3) is 65.5 Å². The molecule has 0 atom stereocenters. The Morgan fingerprint density at radius 3 is 1.55 bits per heavy atom. The van der Waals surface area contributed by atoms with Crippen LogP contribution >= 0.6 is 0 Å². The van der Waals surface area contributed by atoms with E-state index >= 15 is 0 Å². The molecular formula is C45H50N2. The first kappa shape index (κ1) is 30.3. The minimum absolute atomic E-state index is 0.0200. The third-order valence-electron chi connectivity index (χ3n) is 11.1. The molecule has 1 aliphatic rings. The maximum Gasteiger partial charge on any atom is 0.0620 e. The van der Waals surface area contributed by atoms with Gasteiger partial charge in [-0.3, -0.25) is 0 Å². The summed E-state index contributed by atoms with van der Waals surface area (Å²) in [5, 5.41) is 8.09. The Hall–Kier alpha value is -4.04. The zero-order valence-corrected chi connectivity index (χ0v) is 30.6. The van der Waals surface area contributed by atoms with E-state index in [0.29, 0.717) is 0 Å². The van der Waals surface area contributed by atoms with Crippen molar-refractivity contribution in [1.29, 1.82) is 0 Å². The minimum atomic E-state index is 0.0200. The largest absolute Gasteiger partial charge is 0.336 e. The van der Waals surface area contributed by atoms with E-state index in [9.17, 15) is 0 Å².